The summed E-state index contributed by atoms with van der Waals surface area (Å²) >= 11 is 5.48. The summed E-state index contributed by atoms with van der Waals surface area (Å²) in [6.07, 6.45) is 0. The third-order valence-corrected chi connectivity index (χ3v) is 0.906. The number of rotatable bonds is 0. The van der Waals surface area contributed by atoms with Gasteiger partial charge in [-0.05, 0) is 0 Å². The Morgan fingerprint density at radius 2 is 2.00 bits per heavy atom. The smallest absolute Gasteiger partial charge is 0 e. The van der Waals surface area contributed by atoms with Gasteiger partial charge < -0.3 is 0 Å². The van der Waals surface area contributed by atoms with Crippen molar-refractivity contribution in [2.45, 2.75) is 0 Å². The van der Waals surface area contributed by atoms with Gasteiger partial charge in [-0.15, -0.1) is 35.6 Å². The number of hydrogen-bond acceptors (Lipinski definition) is 0. The van der Waals surface area contributed by atoms with Crippen molar-refractivity contribution < 1.29 is 19.5 Å². The Bertz CT molecular complexity index is 143. The molecule has 0 saturated heterocycles. The standard InChI is InChI=1S/C6H4Cl.HI.Zn/c7-6-4-2-1-3-5-6;;/h1-4H;1H;/q-1;;. The van der Waals surface area contributed by atoms with Crippen LogP contribution in [0.5, 0.6) is 0 Å². The predicted octanol–water partition coefficient (Wildman–Crippen LogP) is 2.76. The molecule has 0 saturated carbocycles. The Morgan fingerprint density at radius 1 is 1.33 bits per heavy atom. The van der Waals surface area contributed by atoms with E-state index in [9.17, 15) is 0 Å². The van der Waals surface area contributed by atoms with Gasteiger partial charge in [0.25, 0.3) is 0 Å². The maximum atomic E-state index is 5.48. The molecule has 3 heteroatoms. The first-order valence-corrected chi connectivity index (χ1v) is 2.39. The maximum Gasteiger partial charge on any atom is 0 e. The van der Waals surface area contributed by atoms with E-state index in [-0.39, 0.29) is 43.5 Å². The molecule has 1 aromatic carbocycles. The van der Waals surface area contributed by atoms with Gasteiger partial charge >= 0.3 is 0 Å². The molecule has 1 aromatic rings. The minimum absolute atomic E-state index is 0. The second-order valence-corrected chi connectivity index (χ2v) is 1.62. The molecule has 0 fully saturated rings. The Kier molecular flexibility index (Phi) is 9.71. The molecule has 0 amide bonds. The molecule has 0 heterocycles. The summed E-state index contributed by atoms with van der Waals surface area (Å²) < 4.78 is 0. The third-order valence-electron chi connectivity index (χ3n) is 0.671. The Hall–Kier alpha value is 0.863. The SMILES string of the molecule is Clc1[c-]cccc1.I.[Zn]. The Morgan fingerprint density at radius 3 is 2.22 bits per heavy atom. The zero-order valence-corrected chi connectivity index (χ0v) is 10.9. The topological polar surface area (TPSA) is 0 Å². The third kappa shape index (κ3) is 5.31. The summed E-state index contributed by atoms with van der Waals surface area (Å²) in [7, 11) is 0. The van der Waals surface area contributed by atoms with E-state index in [0.29, 0.717) is 5.02 Å². The molecule has 0 bridgehead atoms. The molecule has 46 valence electrons. The fourth-order valence-electron chi connectivity index (χ4n) is 0.371. The summed E-state index contributed by atoms with van der Waals surface area (Å²) in [6.45, 7) is 0. The van der Waals surface area contributed by atoms with Gasteiger partial charge in [0, 0.05) is 19.5 Å². The molecular formula is C6H5ClIZn-. The van der Waals surface area contributed by atoms with Crippen molar-refractivity contribution in [3.8, 4) is 0 Å². The first-order valence-electron chi connectivity index (χ1n) is 2.02. The number of hydrogen-bond donors (Lipinski definition) is 0. The summed E-state index contributed by atoms with van der Waals surface area (Å²) in [4.78, 5) is 0. The van der Waals surface area contributed by atoms with Gasteiger partial charge in [0.15, 0.2) is 0 Å². The van der Waals surface area contributed by atoms with Crippen molar-refractivity contribution in [1.29, 1.82) is 0 Å². The molecule has 0 aliphatic heterocycles. The average Bonchev–Trinajstić information content (AvgIpc) is 1.69. The molecule has 1 rings (SSSR count). The summed E-state index contributed by atoms with van der Waals surface area (Å²) in [5.41, 5.74) is 0. The van der Waals surface area contributed by atoms with Crippen molar-refractivity contribution in [3.05, 3.63) is 35.4 Å². The van der Waals surface area contributed by atoms with Crippen LogP contribution in [0.1, 0.15) is 0 Å². The van der Waals surface area contributed by atoms with E-state index < -0.39 is 0 Å². The van der Waals surface area contributed by atoms with Crippen LogP contribution < -0.4 is 0 Å². The van der Waals surface area contributed by atoms with Gasteiger partial charge in [-0.1, -0.05) is 5.02 Å². The summed E-state index contributed by atoms with van der Waals surface area (Å²) in [6, 6.07) is 10.1. The molecule has 0 spiro atoms. The fourth-order valence-corrected chi connectivity index (χ4v) is 0.507. The van der Waals surface area contributed by atoms with E-state index in [2.05, 4.69) is 6.07 Å². The van der Waals surface area contributed by atoms with Crippen molar-refractivity contribution in [3.63, 3.8) is 0 Å². The summed E-state index contributed by atoms with van der Waals surface area (Å²) in [5.74, 6) is 0. The van der Waals surface area contributed by atoms with E-state index in [1.54, 1.807) is 12.1 Å². The molecule has 9 heavy (non-hydrogen) atoms. The molecule has 0 atom stereocenters. The van der Waals surface area contributed by atoms with E-state index in [0.717, 1.165) is 0 Å². The molecular weight excluding hydrogens is 300 g/mol. The van der Waals surface area contributed by atoms with Crippen LogP contribution in [0.25, 0.3) is 0 Å². The van der Waals surface area contributed by atoms with Crippen LogP contribution in [0.4, 0.5) is 0 Å². The minimum atomic E-state index is 0. The van der Waals surface area contributed by atoms with E-state index in [1.165, 1.54) is 0 Å². The molecule has 0 radical (unpaired) electrons. The van der Waals surface area contributed by atoms with Crippen LogP contribution in [0, 0.1) is 6.07 Å². The van der Waals surface area contributed by atoms with E-state index in [4.69, 9.17) is 11.6 Å². The normalized spacial score (nSPS) is 6.78. The van der Waals surface area contributed by atoms with Crippen molar-refractivity contribution in [1.82, 2.24) is 0 Å². The van der Waals surface area contributed by atoms with Crippen LogP contribution >= 0.6 is 35.6 Å². The van der Waals surface area contributed by atoms with Crippen LogP contribution in [0.2, 0.25) is 5.02 Å². The van der Waals surface area contributed by atoms with Crippen molar-refractivity contribution in [2.24, 2.45) is 0 Å². The van der Waals surface area contributed by atoms with Crippen LogP contribution in [-0.4, -0.2) is 0 Å². The fraction of sp³-hybridized carbons (Fsp3) is 0. The Balaban J connectivity index is 0. The number of benzene rings is 1. The second kappa shape index (κ2) is 6.98. The van der Waals surface area contributed by atoms with Gasteiger partial charge in [0.2, 0.25) is 0 Å². The van der Waals surface area contributed by atoms with Crippen LogP contribution in [-0.2, 0) is 19.5 Å². The van der Waals surface area contributed by atoms with Crippen LogP contribution in [0.15, 0.2) is 24.3 Å². The second-order valence-electron chi connectivity index (χ2n) is 1.21. The number of halogens is 2. The van der Waals surface area contributed by atoms with E-state index >= 15 is 0 Å². The van der Waals surface area contributed by atoms with Gasteiger partial charge in [-0.2, -0.15) is 30.3 Å². The summed E-state index contributed by atoms with van der Waals surface area (Å²) in [5, 5.41) is 0.669. The largest absolute Gasteiger partial charge is 0.176 e. The zero-order chi connectivity index (χ0) is 5.11. The average molecular weight is 305 g/mol. The van der Waals surface area contributed by atoms with Crippen molar-refractivity contribution >= 4 is 35.6 Å². The van der Waals surface area contributed by atoms with Crippen molar-refractivity contribution in [2.75, 3.05) is 0 Å². The molecule has 0 N–H and O–H groups in total. The van der Waals surface area contributed by atoms with Gasteiger partial charge in [-0.25, -0.2) is 0 Å². The quantitative estimate of drug-likeness (QED) is 0.393. The molecule has 0 nitrogen and oxygen atoms in total. The maximum absolute atomic E-state index is 5.48. The molecule has 0 aliphatic rings. The predicted molar refractivity (Wildman–Crippen MR) is 45.7 cm³/mol. The first-order chi connectivity index (χ1) is 3.39. The first kappa shape index (κ1) is 12.5. The Labute approximate surface area is 89.8 Å². The van der Waals surface area contributed by atoms with Gasteiger partial charge in [0.05, 0.1) is 0 Å². The molecule has 0 aliphatic carbocycles. The van der Waals surface area contributed by atoms with Gasteiger partial charge in [0.1, 0.15) is 0 Å². The monoisotopic (exact) mass is 303 g/mol. The minimum Gasteiger partial charge on any atom is -0.176 e. The molecule has 0 aromatic heterocycles. The van der Waals surface area contributed by atoms with E-state index in [1.807, 2.05) is 12.1 Å². The molecule has 0 unspecified atom stereocenters. The van der Waals surface area contributed by atoms with Gasteiger partial charge in [-0.3, -0.25) is 0 Å². The zero-order valence-electron chi connectivity index (χ0n) is 4.80. The van der Waals surface area contributed by atoms with Crippen LogP contribution in [0.3, 0.4) is 0 Å².